The van der Waals surface area contributed by atoms with Gasteiger partial charge in [-0.15, -0.1) is 0 Å². The molecule has 2 aliphatic rings. The normalized spacial score (nSPS) is 21.5. The van der Waals surface area contributed by atoms with Crippen LogP contribution in [0.3, 0.4) is 0 Å². The summed E-state index contributed by atoms with van der Waals surface area (Å²) in [6.07, 6.45) is 0.745. The molecule has 0 N–H and O–H groups in total. The van der Waals surface area contributed by atoms with Gasteiger partial charge in [-0.25, -0.2) is 5.01 Å². The zero-order valence-electron chi connectivity index (χ0n) is 14.6. The van der Waals surface area contributed by atoms with Crippen LogP contribution in [0.15, 0.2) is 47.6 Å². The lowest BCUT2D eigenvalue weighted by atomic mass is 9.95. The van der Waals surface area contributed by atoms with Gasteiger partial charge in [-0.2, -0.15) is 5.10 Å². The quantitative estimate of drug-likeness (QED) is 0.786. The number of ether oxygens (including phenoxy) is 2. The van der Waals surface area contributed by atoms with Crippen molar-refractivity contribution in [3.8, 4) is 11.5 Å². The zero-order chi connectivity index (χ0) is 17.6. The molecule has 2 aromatic rings. The van der Waals surface area contributed by atoms with E-state index in [9.17, 15) is 0 Å². The zero-order valence-corrected chi connectivity index (χ0v) is 15.3. The molecule has 0 unspecified atom stereocenters. The Morgan fingerprint density at radius 2 is 2.08 bits per heavy atom. The summed E-state index contributed by atoms with van der Waals surface area (Å²) in [4.78, 5) is 0. The van der Waals surface area contributed by atoms with Crippen molar-refractivity contribution in [3.05, 3.63) is 58.6 Å². The fraction of sp³-hybridized carbons (Fsp3) is 0.350. The van der Waals surface area contributed by atoms with Crippen LogP contribution in [0.1, 0.15) is 37.4 Å². The number of hydrazone groups is 1. The molecule has 0 aliphatic carbocycles. The monoisotopic (exact) mass is 356 g/mol. The molecule has 130 valence electrons. The van der Waals surface area contributed by atoms with Crippen molar-refractivity contribution in [1.82, 2.24) is 5.01 Å². The van der Waals surface area contributed by atoms with Crippen LogP contribution in [0.2, 0.25) is 5.02 Å². The van der Waals surface area contributed by atoms with Crippen LogP contribution in [0.5, 0.6) is 11.5 Å². The van der Waals surface area contributed by atoms with Crippen molar-refractivity contribution in [2.45, 2.75) is 32.5 Å². The third kappa shape index (κ3) is 2.85. The highest BCUT2D eigenvalue weighted by atomic mass is 35.5. The molecule has 0 bridgehead atoms. The number of benzene rings is 2. The van der Waals surface area contributed by atoms with E-state index in [-0.39, 0.29) is 12.3 Å². The first-order valence-corrected chi connectivity index (χ1v) is 8.91. The number of fused-ring (bicyclic) bond motifs is 3. The molecule has 0 radical (unpaired) electrons. The summed E-state index contributed by atoms with van der Waals surface area (Å²) >= 11 is 6.23. The standard InChI is InChI=1S/C20H21ClN2O2/c1-12(2)20-23-18(16-10-14(21)7-8-19(16)25-20)11-17(22-23)13-5-4-6-15(9-13)24-3/h4-10,12,18,20H,11H2,1-3H3/t18-,20-/m1/s1. The molecule has 0 fully saturated rings. The van der Waals surface area contributed by atoms with E-state index >= 15 is 0 Å². The van der Waals surface area contributed by atoms with Crippen molar-refractivity contribution in [3.63, 3.8) is 0 Å². The summed E-state index contributed by atoms with van der Waals surface area (Å²) in [6.45, 7) is 4.31. The molecular weight excluding hydrogens is 336 g/mol. The topological polar surface area (TPSA) is 34.1 Å². The minimum Gasteiger partial charge on any atom is -0.497 e. The Hall–Kier alpha value is -2.20. The summed E-state index contributed by atoms with van der Waals surface area (Å²) in [5.74, 6) is 2.07. The van der Waals surface area contributed by atoms with Crippen LogP contribution in [0.4, 0.5) is 0 Å². The molecule has 2 atom stereocenters. The van der Waals surface area contributed by atoms with E-state index in [1.807, 2.05) is 36.4 Å². The first kappa shape index (κ1) is 16.3. The average molecular weight is 357 g/mol. The number of hydrogen-bond acceptors (Lipinski definition) is 4. The van der Waals surface area contributed by atoms with E-state index in [0.29, 0.717) is 5.92 Å². The molecule has 0 saturated heterocycles. The van der Waals surface area contributed by atoms with Gasteiger partial charge in [-0.05, 0) is 30.3 Å². The number of hydrogen-bond donors (Lipinski definition) is 0. The Morgan fingerprint density at radius 3 is 2.84 bits per heavy atom. The second-order valence-electron chi connectivity index (χ2n) is 6.81. The Balaban J connectivity index is 1.75. The molecule has 0 aromatic heterocycles. The maximum absolute atomic E-state index is 6.23. The molecule has 0 spiro atoms. The van der Waals surface area contributed by atoms with Crippen molar-refractivity contribution in [1.29, 1.82) is 0 Å². The van der Waals surface area contributed by atoms with Gasteiger partial charge in [0.1, 0.15) is 11.5 Å². The van der Waals surface area contributed by atoms with Crippen LogP contribution in [0.25, 0.3) is 0 Å². The van der Waals surface area contributed by atoms with E-state index in [1.54, 1.807) is 7.11 Å². The number of rotatable bonds is 3. The average Bonchev–Trinajstić information content (AvgIpc) is 3.06. The summed E-state index contributed by atoms with van der Waals surface area (Å²) < 4.78 is 11.6. The molecule has 25 heavy (non-hydrogen) atoms. The first-order valence-electron chi connectivity index (χ1n) is 8.53. The molecular formula is C20H21ClN2O2. The molecule has 4 nitrogen and oxygen atoms in total. The lowest BCUT2D eigenvalue weighted by Crippen LogP contribution is -2.43. The molecule has 2 aromatic carbocycles. The minimum atomic E-state index is -0.0817. The third-order valence-corrected chi connectivity index (χ3v) is 4.99. The van der Waals surface area contributed by atoms with Gasteiger partial charge in [-0.3, -0.25) is 0 Å². The number of nitrogens with zero attached hydrogens (tertiary/aromatic N) is 2. The fourth-order valence-corrected chi connectivity index (χ4v) is 3.68. The largest absolute Gasteiger partial charge is 0.497 e. The van der Waals surface area contributed by atoms with Crippen LogP contribution >= 0.6 is 11.6 Å². The molecule has 0 saturated carbocycles. The minimum absolute atomic E-state index is 0.0817. The predicted molar refractivity (Wildman–Crippen MR) is 99.4 cm³/mol. The Labute approximate surface area is 153 Å². The number of methoxy groups -OCH3 is 1. The smallest absolute Gasteiger partial charge is 0.190 e. The predicted octanol–water partition coefficient (Wildman–Crippen LogP) is 4.87. The summed E-state index contributed by atoms with van der Waals surface area (Å²) in [6, 6.07) is 14.0. The van der Waals surface area contributed by atoms with E-state index < -0.39 is 0 Å². The summed E-state index contributed by atoms with van der Waals surface area (Å²) in [7, 11) is 1.68. The maximum atomic E-state index is 6.23. The molecule has 5 heteroatoms. The van der Waals surface area contributed by atoms with Gasteiger partial charge >= 0.3 is 0 Å². The molecule has 2 heterocycles. The van der Waals surface area contributed by atoms with Crippen molar-refractivity contribution >= 4 is 17.3 Å². The molecule has 2 aliphatic heterocycles. The number of halogens is 1. The fourth-order valence-electron chi connectivity index (χ4n) is 3.50. The third-order valence-electron chi connectivity index (χ3n) is 4.75. The Bertz CT molecular complexity index is 834. The van der Waals surface area contributed by atoms with E-state index in [2.05, 4.69) is 24.9 Å². The van der Waals surface area contributed by atoms with Gasteiger partial charge in [0, 0.05) is 28.5 Å². The van der Waals surface area contributed by atoms with E-state index in [4.69, 9.17) is 26.2 Å². The Morgan fingerprint density at radius 1 is 1.24 bits per heavy atom. The van der Waals surface area contributed by atoms with Crippen LogP contribution in [0, 0.1) is 5.92 Å². The lowest BCUT2D eigenvalue weighted by Gasteiger charge is -2.40. The van der Waals surface area contributed by atoms with Gasteiger partial charge in [0.25, 0.3) is 0 Å². The highest BCUT2D eigenvalue weighted by Crippen LogP contribution is 2.45. The van der Waals surface area contributed by atoms with Crippen LogP contribution in [-0.4, -0.2) is 24.1 Å². The summed E-state index contributed by atoms with van der Waals surface area (Å²) in [5.41, 5.74) is 3.23. The van der Waals surface area contributed by atoms with Gasteiger partial charge in [0.05, 0.1) is 18.9 Å². The summed E-state index contributed by atoms with van der Waals surface area (Å²) in [5, 5.41) is 7.73. The molecule has 4 rings (SSSR count). The first-order chi connectivity index (χ1) is 12.1. The van der Waals surface area contributed by atoms with Gasteiger partial charge in [0.15, 0.2) is 6.23 Å². The van der Waals surface area contributed by atoms with Crippen LogP contribution in [-0.2, 0) is 0 Å². The SMILES string of the molecule is COc1cccc(C2=NN3[C@H](C2)c2cc(Cl)ccc2O[C@@H]3C(C)C)c1. The highest BCUT2D eigenvalue weighted by molar-refractivity contribution is 6.30. The van der Waals surface area contributed by atoms with Gasteiger partial charge < -0.3 is 9.47 Å². The Kier molecular flexibility index (Phi) is 4.08. The second kappa shape index (κ2) is 6.26. The van der Waals surface area contributed by atoms with Crippen LogP contribution < -0.4 is 9.47 Å². The van der Waals surface area contributed by atoms with Gasteiger partial charge in [-0.1, -0.05) is 37.6 Å². The van der Waals surface area contributed by atoms with Crippen molar-refractivity contribution in [2.24, 2.45) is 11.0 Å². The van der Waals surface area contributed by atoms with E-state index in [0.717, 1.165) is 39.8 Å². The highest BCUT2D eigenvalue weighted by Gasteiger charge is 2.41. The van der Waals surface area contributed by atoms with Crippen molar-refractivity contribution in [2.75, 3.05) is 7.11 Å². The second-order valence-corrected chi connectivity index (χ2v) is 7.25. The molecule has 0 amide bonds. The van der Waals surface area contributed by atoms with Crippen molar-refractivity contribution < 1.29 is 9.47 Å². The van der Waals surface area contributed by atoms with E-state index in [1.165, 1.54) is 0 Å². The van der Waals surface area contributed by atoms with Gasteiger partial charge in [0.2, 0.25) is 0 Å². The lowest BCUT2D eigenvalue weighted by molar-refractivity contribution is -0.0461. The maximum Gasteiger partial charge on any atom is 0.190 e.